The minimum atomic E-state index is -4.57. The molecule has 234 valence electrons. The fourth-order valence-corrected chi connectivity index (χ4v) is 5.22. The van der Waals surface area contributed by atoms with Crippen molar-refractivity contribution in [2.24, 2.45) is 5.73 Å². The quantitative estimate of drug-likeness (QED) is 0.0913. The average Bonchev–Trinajstić information content (AvgIpc) is 2.96. The van der Waals surface area contributed by atoms with E-state index in [2.05, 4.69) is 11.4 Å². The van der Waals surface area contributed by atoms with Gasteiger partial charge in [0.2, 0.25) is 0 Å². The van der Waals surface area contributed by atoms with E-state index in [9.17, 15) is 19.0 Å². The van der Waals surface area contributed by atoms with Gasteiger partial charge in [-0.1, -0.05) is 76.5 Å². The number of carboxylic acids is 1. The molecule has 41 heavy (non-hydrogen) atoms. The van der Waals surface area contributed by atoms with Gasteiger partial charge < -0.3 is 29.9 Å². The summed E-state index contributed by atoms with van der Waals surface area (Å²) >= 11 is 0. The third-order valence-electron chi connectivity index (χ3n) is 6.88. The van der Waals surface area contributed by atoms with E-state index in [1.807, 2.05) is 24.3 Å². The van der Waals surface area contributed by atoms with Crippen molar-refractivity contribution in [3.63, 3.8) is 0 Å². The highest BCUT2D eigenvalue weighted by Crippen LogP contribution is 2.43. The molecule has 12 heteroatoms. The predicted octanol–water partition coefficient (Wildman–Crippen LogP) is 5.17. The molecule has 2 rings (SSSR count). The Balaban J connectivity index is 1.72. The Labute approximate surface area is 243 Å². The van der Waals surface area contributed by atoms with Gasteiger partial charge in [0.1, 0.15) is 24.0 Å². The number of phosphoric acid groups is 1. The Morgan fingerprint density at radius 1 is 1.07 bits per heavy atom. The normalized spacial score (nSPS) is 19.3. The number of ether oxygens (including phenoxy) is 3. The number of hydrogen-bond donors (Lipinski definition) is 3. The molecule has 11 nitrogen and oxygen atoms in total. The first-order valence-electron chi connectivity index (χ1n) is 14.8. The molecule has 4 atom stereocenters. The number of aliphatic carboxylic acids is 1. The van der Waals surface area contributed by atoms with Crippen molar-refractivity contribution in [3.05, 3.63) is 29.8 Å². The molecule has 1 aliphatic heterocycles. The molecule has 1 aliphatic rings. The number of rotatable bonds is 22. The van der Waals surface area contributed by atoms with Crippen LogP contribution in [0.25, 0.3) is 0 Å². The van der Waals surface area contributed by atoms with E-state index in [1.54, 1.807) is 0 Å². The van der Waals surface area contributed by atoms with Crippen LogP contribution in [-0.4, -0.2) is 66.6 Å². The van der Waals surface area contributed by atoms with Crippen molar-refractivity contribution in [2.45, 2.75) is 109 Å². The van der Waals surface area contributed by atoms with E-state index >= 15 is 0 Å². The van der Waals surface area contributed by atoms with Crippen LogP contribution in [0, 0.1) is 0 Å². The first kappa shape index (κ1) is 35.2. The molecule has 1 saturated heterocycles. The molecule has 1 heterocycles. The van der Waals surface area contributed by atoms with E-state index in [-0.39, 0.29) is 13.0 Å². The standard InChI is InChI=1S/C29H48NO10P/c1-2-3-4-5-6-7-8-9-12-19-36-25-15-11-10-14-23(25)17-18-28(31)40-26-16-13-20-37-27(26)22-39-41(34,35)38-21-24(30)29(32)33/h10-11,14-15,24,26-27H,2-9,12-13,16-22,30H2,1H3,(H,32,33)(H,34,35)/t24?,26-,27+/m0/s1. The fraction of sp³-hybridized carbons (Fsp3) is 0.724. The summed E-state index contributed by atoms with van der Waals surface area (Å²) in [5.74, 6) is -1.02. The first-order valence-corrected chi connectivity index (χ1v) is 16.3. The number of nitrogens with two attached hydrogens (primary N) is 1. The SMILES string of the molecule is CCCCCCCCCCCOc1ccccc1CCC(=O)O[C@H]1CCCO[C@@H]1COP(=O)(O)OCC(N)C(=O)O. The Bertz CT molecular complexity index is 946. The molecule has 0 aromatic heterocycles. The molecular formula is C29H48NO10P. The summed E-state index contributed by atoms with van der Waals surface area (Å²) in [5, 5.41) is 8.77. The van der Waals surface area contributed by atoms with E-state index in [1.165, 1.54) is 44.9 Å². The third-order valence-corrected chi connectivity index (χ3v) is 7.83. The van der Waals surface area contributed by atoms with Crippen LogP contribution in [0.5, 0.6) is 5.75 Å². The summed E-state index contributed by atoms with van der Waals surface area (Å²) in [6.45, 7) is 2.18. The number of phosphoric ester groups is 1. The molecule has 0 aliphatic carbocycles. The van der Waals surface area contributed by atoms with Crippen molar-refractivity contribution in [1.29, 1.82) is 0 Å². The number of aryl methyl sites for hydroxylation is 1. The van der Waals surface area contributed by atoms with Gasteiger partial charge in [0.05, 0.1) is 19.8 Å². The van der Waals surface area contributed by atoms with Crippen molar-refractivity contribution < 1.29 is 47.4 Å². The lowest BCUT2D eigenvalue weighted by Gasteiger charge is -2.31. The zero-order valence-corrected chi connectivity index (χ0v) is 25.1. The first-order chi connectivity index (χ1) is 19.7. The van der Waals surface area contributed by atoms with E-state index in [0.29, 0.717) is 32.5 Å². The number of hydrogen-bond acceptors (Lipinski definition) is 9. The molecule has 4 N–H and O–H groups in total. The number of unbranched alkanes of at least 4 members (excludes halogenated alkanes) is 8. The number of carbonyl (C=O) groups is 2. The monoisotopic (exact) mass is 601 g/mol. The van der Waals surface area contributed by atoms with Crippen molar-refractivity contribution in [3.8, 4) is 5.75 Å². The molecule has 0 saturated carbocycles. The van der Waals surface area contributed by atoms with Crippen molar-refractivity contribution in [1.82, 2.24) is 0 Å². The van der Waals surface area contributed by atoms with Crippen molar-refractivity contribution >= 4 is 19.8 Å². The van der Waals surface area contributed by atoms with Gasteiger partial charge in [-0.15, -0.1) is 0 Å². The summed E-state index contributed by atoms with van der Waals surface area (Å²) in [7, 11) is -4.57. The highest BCUT2D eigenvalue weighted by molar-refractivity contribution is 7.47. The average molecular weight is 602 g/mol. The smallest absolute Gasteiger partial charge is 0.472 e. The van der Waals surface area contributed by atoms with Gasteiger partial charge in [0.15, 0.2) is 0 Å². The van der Waals surface area contributed by atoms with Crippen LogP contribution in [0.15, 0.2) is 24.3 Å². The molecule has 0 bridgehead atoms. The number of carboxylic acid groups (broad SMARTS) is 1. The van der Waals surface area contributed by atoms with E-state index in [0.717, 1.165) is 24.2 Å². The van der Waals surface area contributed by atoms with Crippen LogP contribution >= 0.6 is 7.82 Å². The Kier molecular flexibility index (Phi) is 17.2. The Morgan fingerprint density at radius 3 is 2.46 bits per heavy atom. The van der Waals surface area contributed by atoms with Gasteiger partial charge in [-0.05, 0) is 37.3 Å². The predicted molar refractivity (Wildman–Crippen MR) is 154 cm³/mol. The second-order valence-electron chi connectivity index (χ2n) is 10.4. The maximum absolute atomic E-state index is 12.7. The Morgan fingerprint density at radius 2 is 1.76 bits per heavy atom. The van der Waals surface area contributed by atoms with Crippen LogP contribution in [0.2, 0.25) is 0 Å². The second-order valence-corrected chi connectivity index (χ2v) is 11.8. The maximum atomic E-state index is 12.7. The fourth-order valence-electron chi connectivity index (χ4n) is 4.46. The number of esters is 1. The van der Waals surface area contributed by atoms with Crippen LogP contribution in [-0.2, 0) is 39.1 Å². The molecule has 1 fully saturated rings. The number of carbonyl (C=O) groups excluding carboxylic acids is 1. The molecule has 0 radical (unpaired) electrons. The minimum Gasteiger partial charge on any atom is -0.493 e. The maximum Gasteiger partial charge on any atom is 0.472 e. The van der Waals surface area contributed by atoms with Gasteiger partial charge in [0, 0.05) is 13.0 Å². The topological polar surface area (TPSA) is 164 Å². The van der Waals surface area contributed by atoms with Crippen LogP contribution in [0.1, 0.15) is 89.5 Å². The summed E-state index contributed by atoms with van der Waals surface area (Å²) in [5.41, 5.74) is 6.21. The van der Waals surface area contributed by atoms with E-state index < -0.39 is 44.6 Å². The third kappa shape index (κ3) is 15.2. The molecule has 0 spiro atoms. The Hall–Kier alpha value is -2.01. The van der Waals surface area contributed by atoms with Gasteiger partial charge in [-0.2, -0.15) is 0 Å². The summed E-state index contributed by atoms with van der Waals surface area (Å²) < 4.78 is 38.9. The molecule has 2 unspecified atom stereocenters. The number of benzene rings is 1. The molecular weight excluding hydrogens is 553 g/mol. The zero-order valence-electron chi connectivity index (χ0n) is 24.2. The highest BCUT2D eigenvalue weighted by Gasteiger charge is 2.33. The molecule has 1 aromatic carbocycles. The highest BCUT2D eigenvalue weighted by atomic mass is 31.2. The van der Waals surface area contributed by atoms with Gasteiger partial charge in [-0.3, -0.25) is 18.6 Å². The van der Waals surface area contributed by atoms with Crippen LogP contribution < -0.4 is 10.5 Å². The van der Waals surface area contributed by atoms with Gasteiger partial charge >= 0.3 is 19.8 Å². The van der Waals surface area contributed by atoms with Crippen molar-refractivity contribution in [2.75, 3.05) is 26.4 Å². The lowest BCUT2D eigenvalue weighted by atomic mass is 10.1. The summed E-state index contributed by atoms with van der Waals surface area (Å²) in [6, 6.07) is 6.21. The van der Waals surface area contributed by atoms with Gasteiger partial charge in [0.25, 0.3) is 0 Å². The lowest BCUT2D eigenvalue weighted by Crippen LogP contribution is -2.40. The summed E-state index contributed by atoms with van der Waals surface area (Å²) in [6.07, 6.45) is 11.5. The van der Waals surface area contributed by atoms with Gasteiger partial charge in [-0.25, -0.2) is 4.57 Å². The number of para-hydroxylation sites is 1. The summed E-state index contributed by atoms with van der Waals surface area (Å²) in [4.78, 5) is 33.2. The van der Waals surface area contributed by atoms with E-state index in [4.69, 9.17) is 29.6 Å². The molecule has 0 amide bonds. The second kappa shape index (κ2) is 20.0. The van der Waals surface area contributed by atoms with Crippen LogP contribution in [0.4, 0.5) is 0 Å². The zero-order chi connectivity index (χ0) is 29.9. The molecule has 1 aromatic rings. The minimum absolute atomic E-state index is 0.136. The largest absolute Gasteiger partial charge is 0.493 e. The van der Waals surface area contributed by atoms with Crippen LogP contribution in [0.3, 0.4) is 0 Å². The lowest BCUT2D eigenvalue weighted by molar-refractivity contribution is -0.166.